The van der Waals surface area contributed by atoms with E-state index in [0.29, 0.717) is 12.5 Å². The molecule has 0 bridgehead atoms. The standard InChI is InChI=1S/C15H21NO/c16-10-15(17,14-6-7-14)9-11-4-5-12-2-1-3-13(12)8-11/h4-5,8,14,17H,1-3,6-7,9-10,16H2. The minimum absolute atomic E-state index is 0.384. The molecule has 2 aliphatic carbocycles. The third-order valence-electron chi connectivity index (χ3n) is 4.36. The Morgan fingerprint density at radius 2 is 2.00 bits per heavy atom. The number of rotatable bonds is 4. The van der Waals surface area contributed by atoms with E-state index in [2.05, 4.69) is 18.2 Å². The molecule has 0 aliphatic heterocycles. The second-order valence-corrected chi connectivity index (χ2v) is 5.72. The summed E-state index contributed by atoms with van der Waals surface area (Å²) in [6.07, 6.45) is 6.70. The fourth-order valence-electron chi connectivity index (χ4n) is 3.09. The lowest BCUT2D eigenvalue weighted by atomic mass is 9.89. The maximum Gasteiger partial charge on any atom is 0.0837 e. The second kappa shape index (κ2) is 4.11. The summed E-state index contributed by atoms with van der Waals surface area (Å²) in [6, 6.07) is 6.69. The van der Waals surface area contributed by atoms with Gasteiger partial charge in [-0.1, -0.05) is 18.2 Å². The first-order chi connectivity index (χ1) is 8.21. The highest BCUT2D eigenvalue weighted by atomic mass is 16.3. The van der Waals surface area contributed by atoms with E-state index < -0.39 is 5.60 Å². The highest BCUT2D eigenvalue weighted by Crippen LogP contribution is 2.41. The topological polar surface area (TPSA) is 46.2 Å². The first-order valence-corrected chi connectivity index (χ1v) is 6.74. The summed E-state index contributed by atoms with van der Waals surface area (Å²) in [6.45, 7) is 0.384. The van der Waals surface area contributed by atoms with Gasteiger partial charge in [0.25, 0.3) is 0 Å². The molecule has 1 fully saturated rings. The quantitative estimate of drug-likeness (QED) is 0.830. The van der Waals surface area contributed by atoms with Crippen molar-refractivity contribution in [2.45, 2.75) is 44.1 Å². The Hall–Kier alpha value is -0.860. The Labute approximate surface area is 103 Å². The summed E-state index contributed by atoms with van der Waals surface area (Å²) < 4.78 is 0. The van der Waals surface area contributed by atoms with Gasteiger partial charge in [-0.2, -0.15) is 0 Å². The van der Waals surface area contributed by atoms with E-state index in [0.717, 1.165) is 19.3 Å². The molecule has 2 heteroatoms. The van der Waals surface area contributed by atoms with Crippen LogP contribution in [0.4, 0.5) is 0 Å². The molecule has 1 unspecified atom stereocenters. The van der Waals surface area contributed by atoms with Gasteiger partial charge in [0.05, 0.1) is 5.60 Å². The second-order valence-electron chi connectivity index (χ2n) is 5.72. The minimum Gasteiger partial charge on any atom is -0.388 e. The first-order valence-electron chi connectivity index (χ1n) is 6.74. The smallest absolute Gasteiger partial charge is 0.0837 e. The zero-order chi connectivity index (χ0) is 11.9. The lowest BCUT2D eigenvalue weighted by molar-refractivity contribution is 0.0267. The van der Waals surface area contributed by atoms with Crippen LogP contribution in [0, 0.1) is 5.92 Å². The van der Waals surface area contributed by atoms with Crippen molar-refractivity contribution in [2.75, 3.05) is 6.54 Å². The van der Waals surface area contributed by atoms with Crippen molar-refractivity contribution >= 4 is 0 Å². The molecule has 1 saturated carbocycles. The van der Waals surface area contributed by atoms with Gasteiger partial charge in [0.2, 0.25) is 0 Å². The maximum absolute atomic E-state index is 10.5. The summed E-state index contributed by atoms with van der Waals surface area (Å²) in [4.78, 5) is 0. The van der Waals surface area contributed by atoms with Crippen molar-refractivity contribution < 1.29 is 5.11 Å². The number of fused-ring (bicyclic) bond motifs is 1. The molecule has 1 atom stereocenters. The van der Waals surface area contributed by atoms with Gasteiger partial charge in [-0.15, -0.1) is 0 Å². The SMILES string of the molecule is NCC(O)(Cc1ccc2c(c1)CCC2)C1CC1. The van der Waals surface area contributed by atoms with Crippen molar-refractivity contribution in [3.8, 4) is 0 Å². The van der Waals surface area contributed by atoms with Crippen LogP contribution < -0.4 is 5.73 Å². The highest BCUT2D eigenvalue weighted by Gasteiger charge is 2.42. The number of nitrogens with two attached hydrogens (primary N) is 1. The van der Waals surface area contributed by atoms with Crippen molar-refractivity contribution in [2.24, 2.45) is 11.7 Å². The molecule has 0 amide bonds. The van der Waals surface area contributed by atoms with E-state index >= 15 is 0 Å². The van der Waals surface area contributed by atoms with Crippen LogP contribution >= 0.6 is 0 Å². The number of aliphatic hydroxyl groups is 1. The van der Waals surface area contributed by atoms with Crippen molar-refractivity contribution in [3.63, 3.8) is 0 Å². The number of benzene rings is 1. The van der Waals surface area contributed by atoms with Crippen LogP contribution in [-0.2, 0) is 19.3 Å². The summed E-state index contributed by atoms with van der Waals surface area (Å²) in [5.41, 5.74) is 9.33. The fourth-order valence-corrected chi connectivity index (χ4v) is 3.09. The van der Waals surface area contributed by atoms with Crippen LogP contribution in [0.3, 0.4) is 0 Å². The summed E-state index contributed by atoms with van der Waals surface area (Å²) in [7, 11) is 0. The van der Waals surface area contributed by atoms with Crippen molar-refractivity contribution in [3.05, 3.63) is 34.9 Å². The minimum atomic E-state index is -0.660. The molecular weight excluding hydrogens is 210 g/mol. The molecule has 3 rings (SSSR count). The van der Waals surface area contributed by atoms with Crippen LogP contribution in [0.5, 0.6) is 0 Å². The van der Waals surface area contributed by atoms with E-state index in [9.17, 15) is 5.11 Å². The van der Waals surface area contributed by atoms with E-state index in [4.69, 9.17) is 5.73 Å². The van der Waals surface area contributed by atoms with Crippen molar-refractivity contribution in [1.29, 1.82) is 0 Å². The molecule has 2 nitrogen and oxygen atoms in total. The lowest BCUT2D eigenvalue weighted by Crippen LogP contribution is -2.42. The number of hydrogen-bond acceptors (Lipinski definition) is 2. The Morgan fingerprint density at radius 3 is 2.71 bits per heavy atom. The maximum atomic E-state index is 10.5. The van der Waals surface area contributed by atoms with Gasteiger partial charge in [-0.3, -0.25) is 0 Å². The molecule has 1 aromatic rings. The molecule has 92 valence electrons. The molecule has 3 N–H and O–H groups in total. The van der Waals surface area contributed by atoms with Crippen molar-refractivity contribution in [1.82, 2.24) is 0 Å². The van der Waals surface area contributed by atoms with Gasteiger partial charge in [0.15, 0.2) is 0 Å². The molecule has 17 heavy (non-hydrogen) atoms. The molecule has 2 aliphatic rings. The fraction of sp³-hybridized carbons (Fsp3) is 0.600. The molecule has 0 spiro atoms. The Morgan fingerprint density at radius 1 is 1.24 bits per heavy atom. The van der Waals surface area contributed by atoms with E-state index in [-0.39, 0.29) is 0 Å². The Kier molecular flexibility index (Phi) is 2.72. The lowest BCUT2D eigenvalue weighted by Gasteiger charge is -2.26. The van der Waals surface area contributed by atoms with Gasteiger partial charge in [-0.05, 0) is 54.7 Å². The molecule has 0 aromatic heterocycles. The Balaban J connectivity index is 1.80. The van der Waals surface area contributed by atoms with Gasteiger partial charge in [0.1, 0.15) is 0 Å². The van der Waals surface area contributed by atoms with E-state index in [1.54, 1.807) is 0 Å². The zero-order valence-electron chi connectivity index (χ0n) is 10.3. The normalized spacial score (nSPS) is 22.2. The summed E-state index contributed by atoms with van der Waals surface area (Å²) in [5, 5.41) is 10.5. The molecule has 1 aromatic carbocycles. The third-order valence-corrected chi connectivity index (χ3v) is 4.36. The largest absolute Gasteiger partial charge is 0.388 e. The Bertz CT molecular complexity index is 425. The highest BCUT2D eigenvalue weighted by molar-refractivity contribution is 5.36. The van der Waals surface area contributed by atoms with Gasteiger partial charge in [-0.25, -0.2) is 0 Å². The molecule has 0 radical (unpaired) electrons. The molecule has 0 heterocycles. The van der Waals surface area contributed by atoms with Crippen LogP contribution in [-0.4, -0.2) is 17.3 Å². The average molecular weight is 231 g/mol. The molecular formula is C15H21NO. The number of aryl methyl sites for hydroxylation is 2. The monoisotopic (exact) mass is 231 g/mol. The third kappa shape index (κ3) is 2.12. The first kappa shape index (κ1) is 11.2. The average Bonchev–Trinajstić information content (AvgIpc) is 3.09. The molecule has 0 saturated heterocycles. The summed E-state index contributed by atoms with van der Waals surface area (Å²) >= 11 is 0. The van der Waals surface area contributed by atoms with Gasteiger partial charge >= 0.3 is 0 Å². The van der Waals surface area contributed by atoms with Gasteiger partial charge < -0.3 is 10.8 Å². The summed E-state index contributed by atoms with van der Waals surface area (Å²) in [5.74, 6) is 0.431. The van der Waals surface area contributed by atoms with Gasteiger partial charge in [0, 0.05) is 13.0 Å². The van der Waals surface area contributed by atoms with E-state index in [1.807, 2.05) is 0 Å². The zero-order valence-corrected chi connectivity index (χ0v) is 10.3. The predicted molar refractivity (Wildman–Crippen MR) is 68.9 cm³/mol. The van der Waals surface area contributed by atoms with Crippen LogP contribution in [0.1, 0.15) is 36.0 Å². The van der Waals surface area contributed by atoms with Crippen LogP contribution in [0.15, 0.2) is 18.2 Å². The van der Waals surface area contributed by atoms with Crippen LogP contribution in [0.25, 0.3) is 0 Å². The van der Waals surface area contributed by atoms with E-state index in [1.165, 1.54) is 36.0 Å². The predicted octanol–water partition coefficient (Wildman–Crippen LogP) is 1.82. The number of hydrogen-bond donors (Lipinski definition) is 2. The van der Waals surface area contributed by atoms with Crippen LogP contribution in [0.2, 0.25) is 0 Å².